The molecule has 2 rings (SSSR count). The highest BCUT2D eigenvalue weighted by Gasteiger charge is 2.15. The minimum Gasteiger partial charge on any atom is -0.176 e. The molecule has 16 heavy (non-hydrogen) atoms. The molecule has 0 aliphatic heterocycles. The standard InChI is InChI=1S/C9H18.C6H12S/c1-3-9-6-4-8(2)5-7-9;7-6-4-2-1-3-5-6/h8-9H,3-7H2,1-2H3;6-7H,1-5H2. The van der Waals surface area contributed by atoms with Crippen LogP contribution in [0.15, 0.2) is 0 Å². The average Bonchev–Trinajstić information content (AvgIpc) is 2.32. The molecule has 2 saturated carbocycles. The molecule has 1 heteroatoms. The van der Waals surface area contributed by atoms with Gasteiger partial charge < -0.3 is 0 Å². The van der Waals surface area contributed by atoms with Gasteiger partial charge in [0.05, 0.1) is 0 Å². The van der Waals surface area contributed by atoms with E-state index in [1.807, 2.05) is 0 Å². The second-order valence-corrected chi connectivity index (χ2v) is 6.56. The minimum absolute atomic E-state index is 0.730. The van der Waals surface area contributed by atoms with Crippen LogP contribution in [0.5, 0.6) is 0 Å². The normalized spacial score (nSPS) is 31.7. The third kappa shape index (κ3) is 6.18. The highest BCUT2D eigenvalue weighted by molar-refractivity contribution is 7.80. The van der Waals surface area contributed by atoms with Crippen LogP contribution in [0.4, 0.5) is 0 Å². The van der Waals surface area contributed by atoms with Crippen LogP contribution in [0.25, 0.3) is 0 Å². The molecule has 2 fully saturated rings. The van der Waals surface area contributed by atoms with Crippen molar-refractivity contribution in [2.75, 3.05) is 0 Å². The van der Waals surface area contributed by atoms with Crippen molar-refractivity contribution in [1.29, 1.82) is 0 Å². The first-order chi connectivity index (χ1) is 7.72. The molecule has 2 aliphatic rings. The number of thiol groups is 1. The fraction of sp³-hybridized carbons (Fsp3) is 1.00. The molecule has 0 aromatic heterocycles. The maximum atomic E-state index is 4.36. The molecule has 0 nitrogen and oxygen atoms in total. The van der Waals surface area contributed by atoms with Crippen LogP contribution in [0, 0.1) is 11.8 Å². The Bertz CT molecular complexity index is 153. The molecule has 0 atom stereocenters. The lowest BCUT2D eigenvalue weighted by atomic mass is 9.82. The highest BCUT2D eigenvalue weighted by Crippen LogP contribution is 2.29. The van der Waals surface area contributed by atoms with Gasteiger partial charge in [-0.15, -0.1) is 0 Å². The van der Waals surface area contributed by atoms with Crippen molar-refractivity contribution < 1.29 is 0 Å². The Morgan fingerprint density at radius 2 is 1.44 bits per heavy atom. The summed E-state index contributed by atoms with van der Waals surface area (Å²) in [6.45, 7) is 4.70. The quantitative estimate of drug-likeness (QED) is 0.579. The first kappa shape index (κ1) is 14.4. The summed E-state index contributed by atoms with van der Waals surface area (Å²) in [7, 11) is 0. The van der Waals surface area contributed by atoms with Gasteiger partial charge in [-0.3, -0.25) is 0 Å². The monoisotopic (exact) mass is 242 g/mol. The molecule has 0 saturated heterocycles. The molecule has 0 N–H and O–H groups in total. The van der Waals surface area contributed by atoms with Crippen LogP contribution < -0.4 is 0 Å². The van der Waals surface area contributed by atoms with Gasteiger partial charge >= 0.3 is 0 Å². The lowest BCUT2D eigenvalue weighted by molar-refractivity contribution is 0.284. The summed E-state index contributed by atoms with van der Waals surface area (Å²) in [5, 5.41) is 0.730. The third-order valence-electron chi connectivity index (χ3n) is 4.29. The van der Waals surface area contributed by atoms with Crippen molar-refractivity contribution in [1.82, 2.24) is 0 Å². The van der Waals surface area contributed by atoms with Gasteiger partial charge in [0.25, 0.3) is 0 Å². The number of rotatable bonds is 1. The maximum absolute atomic E-state index is 4.36. The smallest absolute Gasteiger partial charge is 0.00168 e. The van der Waals surface area contributed by atoms with E-state index in [9.17, 15) is 0 Å². The molecule has 0 aromatic carbocycles. The molecule has 0 aromatic rings. The SMILES string of the molecule is CCC1CCC(C)CC1.SC1CCCCC1. The van der Waals surface area contributed by atoms with E-state index in [0.29, 0.717) is 0 Å². The molecule has 0 spiro atoms. The molecular formula is C15H30S. The summed E-state index contributed by atoms with van der Waals surface area (Å²) < 4.78 is 0. The summed E-state index contributed by atoms with van der Waals surface area (Å²) in [4.78, 5) is 0. The van der Waals surface area contributed by atoms with Crippen LogP contribution >= 0.6 is 12.6 Å². The lowest BCUT2D eigenvalue weighted by Crippen LogP contribution is -2.10. The van der Waals surface area contributed by atoms with Crippen LogP contribution in [0.2, 0.25) is 0 Å². The summed E-state index contributed by atoms with van der Waals surface area (Å²) >= 11 is 4.36. The van der Waals surface area contributed by atoms with Crippen LogP contribution in [-0.4, -0.2) is 5.25 Å². The molecule has 0 radical (unpaired) electrons. The van der Waals surface area contributed by atoms with Gasteiger partial charge in [0, 0.05) is 5.25 Å². The van der Waals surface area contributed by atoms with E-state index in [1.165, 1.54) is 64.2 Å². The van der Waals surface area contributed by atoms with Crippen molar-refractivity contribution in [2.45, 2.75) is 83.3 Å². The minimum atomic E-state index is 0.730. The van der Waals surface area contributed by atoms with Gasteiger partial charge in [0.1, 0.15) is 0 Å². The van der Waals surface area contributed by atoms with Crippen molar-refractivity contribution >= 4 is 12.6 Å². The Balaban J connectivity index is 0.000000165. The van der Waals surface area contributed by atoms with Gasteiger partial charge in [-0.2, -0.15) is 12.6 Å². The van der Waals surface area contributed by atoms with E-state index in [4.69, 9.17) is 0 Å². The lowest BCUT2D eigenvalue weighted by Gasteiger charge is -2.24. The van der Waals surface area contributed by atoms with Crippen LogP contribution in [-0.2, 0) is 0 Å². The molecule has 0 bridgehead atoms. The Morgan fingerprint density at radius 3 is 1.81 bits per heavy atom. The Hall–Kier alpha value is 0.350. The van der Waals surface area contributed by atoms with Gasteiger partial charge in [0.2, 0.25) is 0 Å². The first-order valence-electron chi connectivity index (χ1n) is 7.40. The largest absolute Gasteiger partial charge is 0.176 e. The first-order valence-corrected chi connectivity index (χ1v) is 7.92. The van der Waals surface area contributed by atoms with Crippen LogP contribution in [0.3, 0.4) is 0 Å². The van der Waals surface area contributed by atoms with E-state index < -0.39 is 0 Å². The zero-order valence-corrected chi connectivity index (χ0v) is 12.1. The number of hydrogen-bond acceptors (Lipinski definition) is 1. The summed E-state index contributed by atoms with van der Waals surface area (Å²) in [6.07, 6.45) is 14.3. The van der Waals surface area contributed by atoms with Gasteiger partial charge in [-0.05, 0) is 24.7 Å². The molecule has 0 amide bonds. The summed E-state index contributed by atoms with van der Waals surface area (Å²) in [5.74, 6) is 2.09. The Morgan fingerprint density at radius 1 is 0.875 bits per heavy atom. The maximum Gasteiger partial charge on any atom is 0.00168 e. The molecule has 0 heterocycles. The highest BCUT2D eigenvalue weighted by atomic mass is 32.1. The van der Waals surface area contributed by atoms with E-state index in [2.05, 4.69) is 26.5 Å². The zero-order valence-electron chi connectivity index (χ0n) is 11.3. The summed E-state index contributed by atoms with van der Waals surface area (Å²) in [6, 6.07) is 0. The van der Waals surface area contributed by atoms with Crippen LogP contribution in [0.1, 0.15) is 78.1 Å². The molecule has 96 valence electrons. The third-order valence-corrected chi connectivity index (χ3v) is 4.80. The fourth-order valence-electron chi connectivity index (χ4n) is 2.82. The average molecular weight is 242 g/mol. The Labute approximate surface area is 108 Å². The molecule has 2 aliphatic carbocycles. The number of hydrogen-bond donors (Lipinski definition) is 1. The van der Waals surface area contributed by atoms with Crippen molar-refractivity contribution in [3.05, 3.63) is 0 Å². The van der Waals surface area contributed by atoms with E-state index in [-0.39, 0.29) is 0 Å². The zero-order chi connectivity index (χ0) is 11.8. The fourth-order valence-corrected chi connectivity index (χ4v) is 3.18. The van der Waals surface area contributed by atoms with E-state index >= 15 is 0 Å². The predicted octanol–water partition coefficient (Wildman–Crippen LogP) is 5.47. The molecular weight excluding hydrogens is 212 g/mol. The van der Waals surface area contributed by atoms with E-state index in [0.717, 1.165) is 17.1 Å². The topological polar surface area (TPSA) is 0 Å². The van der Waals surface area contributed by atoms with Crippen molar-refractivity contribution in [3.63, 3.8) is 0 Å². The van der Waals surface area contributed by atoms with Crippen molar-refractivity contribution in [2.24, 2.45) is 11.8 Å². The van der Waals surface area contributed by atoms with Gasteiger partial charge in [0.15, 0.2) is 0 Å². The van der Waals surface area contributed by atoms with E-state index in [1.54, 1.807) is 0 Å². The summed E-state index contributed by atoms with van der Waals surface area (Å²) in [5.41, 5.74) is 0. The van der Waals surface area contributed by atoms with Gasteiger partial charge in [-0.1, -0.05) is 65.2 Å². The predicted molar refractivity (Wildman–Crippen MR) is 77.3 cm³/mol. The second-order valence-electron chi connectivity index (χ2n) is 5.83. The van der Waals surface area contributed by atoms with Gasteiger partial charge in [-0.25, -0.2) is 0 Å². The second kappa shape index (κ2) is 8.44. The molecule has 0 unspecified atom stereocenters. The van der Waals surface area contributed by atoms with Crippen molar-refractivity contribution in [3.8, 4) is 0 Å². The Kier molecular flexibility index (Phi) is 7.60.